The van der Waals surface area contributed by atoms with E-state index in [1.54, 1.807) is 20.2 Å². The van der Waals surface area contributed by atoms with Gasteiger partial charge in [0, 0.05) is 20.6 Å². The number of aryl methyl sites for hydroxylation is 2. The second-order valence-electron chi connectivity index (χ2n) is 6.70. The van der Waals surface area contributed by atoms with E-state index >= 15 is 0 Å². The molecule has 2 heterocycles. The summed E-state index contributed by atoms with van der Waals surface area (Å²) in [5.41, 5.74) is -0.0364. The highest BCUT2D eigenvalue weighted by Gasteiger charge is 2.30. The van der Waals surface area contributed by atoms with Gasteiger partial charge in [-0.1, -0.05) is 0 Å². The van der Waals surface area contributed by atoms with Gasteiger partial charge < -0.3 is 10.4 Å². The molecule has 1 aromatic heterocycles. The van der Waals surface area contributed by atoms with Gasteiger partial charge in [0.1, 0.15) is 0 Å². The number of sulfonamides is 1. The Morgan fingerprint density at radius 2 is 1.92 bits per heavy atom. The Balaban J connectivity index is 1.86. The number of fused-ring (bicyclic) bond motifs is 1. The molecule has 138 valence electrons. The summed E-state index contributed by atoms with van der Waals surface area (Å²) in [5.74, 6) is 0. The van der Waals surface area contributed by atoms with E-state index in [1.807, 2.05) is 0 Å². The molecule has 0 saturated carbocycles. The van der Waals surface area contributed by atoms with Gasteiger partial charge in [-0.05, 0) is 50.6 Å². The molecule has 0 bridgehead atoms. The van der Waals surface area contributed by atoms with E-state index in [0.717, 1.165) is 13.0 Å². The molecule has 1 aliphatic heterocycles. The fourth-order valence-corrected chi connectivity index (χ4v) is 4.40. The maximum atomic E-state index is 12.6. The Kier molecular flexibility index (Phi) is 4.76. The molecular weight excluding hydrogens is 344 g/mol. The van der Waals surface area contributed by atoms with Gasteiger partial charge in [0.2, 0.25) is 10.0 Å². The number of hydrogen-bond donors (Lipinski definition) is 3. The van der Waals surface area contributed by atoms with Gasteiger partial charge in [-0.25, -0.2) is 17.9 Å². The first kappa shape index (κ1) is 18.1. The first-order valence-electron chi connectivity index (χ1n) is 8.32. The van der Waals surface area contributed by atoms with Gasteiger partial charge in [-0.3, -0.25) is 9.13 Å². The SMILES string of the molecule is Cn1c(=O)n(C)c2cc(S(=O)(=O)NCC3(O)CCCNCC3)ccc21. The molecule has 3 rings (SSSR count). The van der Waals surface area contributed by atoms with E-state index in [2.05, 4.69) is 10.0 Å². The minimum atomic E-state index is -3.78. The number of aliphatic hydroxyl groups is 1. The van der Waals surface area contributed by atoms with Crippen molar-refractivity contribution in [3.8, 4) is 0 Å². The van der Waals surface area contributed by atoms with Crippen molar-refractivity contribution in [3.05, 3.63) is 28.7 Å². The minimum Gasteiger partial charge on any atom is -0.388 e. The van der Waals surface area contributed by atoms with Crippen molar-refractivity contribution in [2.75, 3.05) is 19.6 Å². The zero-order chi connectivity index (χ0) is 18.2. The Labute approximate surface area is 146 Å². The predicted octanol–water partition coefficient (Wildman–Crippen LogP) is -0.340. The first-order valence-corrected chi connectivity index (χ1v) is 9.80. The van der Waals surface area contributed by atoms with Crippen LogP contribution in [0, 0.1) is 0 Å². The quantitative estimate of drug-likeness (QED) is 0.685. The van der Waals surface area contributed by atoms with E-state index in [0.29, 0.717) is 30.4 Å². The summed E-state index contributed by atoms with van der Waals surface area (Å²) in [5, 5.41) is 13.8. The Morgan fingerprint density at radius 1 is 1.20 bits per heavy atom. The Morgan fingerprint density at radius 3 is 2.68 bits per heavy atom. The third-order valence-corrected chi connectivity index (χ3v) is 6.31. The molecule has 25 heavy (non-hydrogen) atoms. The van der Waals surface area contributed by atoms with Crippen LogP contribution < -0.4 is 15.7 Å². The monoisotopic (exact) mass is 368 g/mol. The number of nitrogens with zero attached hydrogens (tertiary/aromatic N) is 2. The summed E-state index contributed by atoms with van der Waals surface area (Å²) >= 11 is 0. The molecule has 1 aromatic carbocycles. The van der Waals surface area contributed by atoms with Crippen LogP contribution >= 0.6 is 0 Å². The van der Waals surface area contributed by atoms with E-state index < -0.39 is 15.6 Å². The molecule has 0 spiro atoms. The van der Waals surface area contributed by atoms with E-state index in [9.17, 15) is 18.3 Å². The van der Waals surface area contributed by atoms with Crippen LogP contribution in [0.25, 0.3) is 11.0 Å². The Hall–Kier alpha value is -1.68. The molecule has 1 fully saturated rings. The third kappa shape index (κ3) is 3.50. The summed E-state index contributed by atoms with van der Waals surface area (Å²) in [7, 11) is -0.524. The van der Waals surface area contributed by atoms with Gasteiger partial charge >= 0.3 is 5.69 Å². The molecule has 1 saturated heterocycles. The van der Waals surface area contributed by atoms with Crippen LogP contribution in [0.4, 0.5) is 0 Å². The van der Waals surface area contributed by atoms with E-state index in [4.69, 9.17) is 0 Å². The van der Waals surface area contributed by atoms with Gasteiger partial charge in [-0.2, -0.15) is 0 Å². The average Bonchev–Trinajstić information content (AvgIpc) is 2.76. The van der Waals surface area contributed by atoms with E-state index in [-0.39, 0.29) is 17.1 Å². The molecular formula is C16H24N4O4S. The predicted molar refractivity (Wildman–Crippen MR) is 95.0 cm³/mol. The molecule has 0 amide bonds. The van der Waals surface area contributed by atoms with Crippen molar-refractivity contribution >= 4 is 21.1 Å². The van der Waals surface area contributed by atoms with Crippen molar-refractivity contribution in [2.24, 2.45) is 14.1 Å². The Bertz CT molecular complexity index is 937. The van der Waals surface area contributed by atoms with Crippen LogP contribution in [0.5, 0.6) is 0 Å². The normalized spacial score (nSPS) is 22.2. The van der Waals surface area contributed by atoms with Gasteiger partial charge in [0.25, 0.3) is 0 Å². The standard InChI is InChI=1S/C16H24N4O4S/c1-19-13-5-4-12(10-14(13)20(2)15(19)21)25(23,24)18-11-16(22)6-3-8-17-9-7-16/h4-5,10,17-18,22H,3,6-9,11H2,1-2H3. The largest absolute Gasteiger partial charge is 0.388 e. The molecule has 9 heteroatoms. The van der Waals surface area contributed by atoms with Crippen molar-refractivity contribution < 1.29 is 13.5 Å². The van der Waals surface area contributed by atoms with Gasteiger partial charge in [0.15, 0.2) is 0 Å². The van der Waals surface area contributed by atoms with Crippen LogP contribution in [0.3, 0.4) is 0 Å². The molecule has 1 atom stereocenters. The second kappa shape index (κ2) is 6.56. The number of nitrogens with one attached hydrogen (secondary N) is 2. The number of aromatic nitrogens is 2. The summed E-state index contributed by atoms with van der Waals surface area (Å²) in [4.78, 5) is 12.1. The molecule has 1 aliphatic rings. The number of hydrogen-bond acceptors (Lipinski definition) is 5. The highest BCUT2D eigenvalue weighted by molar-refractivity contribution is 7.89. The lowest BCUT2D eigenvalue weighted by Gasteiger charge is -2.26. The highest BCUT2D eigenvalue weighted by Crippen LogP contribution is 2.21. The van der Waals surface area contributed by atoms with Crippen LogP contribution in [0.1, 0.15) is 19.3 Å². The van der Waals surface area contributed by atoms with Crippen molar-refractivity contribution in [3.63, 3.8) is 0 Å². The summed E-state index contributed by atoms with van der Waals surface area (Å²) < 4.78 is 30.6. The maximum absolute atomic E-state index is 12.6. The van der Waals surface area contributed by atoms with Crippen LogP contribution in [-0.4, -0.2) is 47.9 Å². The number of benzene rings is 1. The lowest BCUT2D eigenvalue weighted by Crippen LogP contribution is -2.43. The summed E-state index contributed by atoms with van der Waals surface area (Å²) in [6.45, 7) is 1.47. The summed E-state index contributed by atoms with van der Waals surface area (Å²) in [6, 6.07) is 4.58. The van der Waals surface area contributed by atoms with Crippen molar-refractivity contribution in [2.45, 2.75) is 29.8 Å². The topological polar surface area (TPSA) is 105 Å². The smallest absolute Gasteiger partial charge is 0.328 e. The molecule has 0 aliphatic carbocycles. The van der Waals surface area contributed by atoms with Crippen molar-refractivity contribution in [1.29, 1.82) is 0 Å². The zero-order valence-corrected chi connectivity index (χ0v) is 15.3. The molecule has 1 unspecified atom stereocenters. The van der Waals surface area contributed by atoms with Gasteiger partial charge in [-0.15, -0.1) is 0 Å². The fraction of sp³-hybridized carbons (Fsp3) is 0.562. The molecule has 2 aromatic rings. The zero-order valence-electron chi connectivity index (χ0n) is 14.4. The minimum absolute atomic E-state index is 0.0250. The summed E-state index contributed by atoms with van der Waals surface area (Å²) in [6.07, 6.45) is 1.85. The highest BCUT2D eigenvalue weighted by atomic mass is 32.2. The van der Waals surface area contributed by atoms with E-state index in [1.165, 1.54) is 21.3 Å². The first-order chi connectivity index (χ1) is 11.7. The van der Waals surface area contributed by atoms with Crippen LogP contribution in [-0.2, 0) is 24.1 Å². The van der Waals surface area contributed by atoms with Crippen LogP contribution in [0.2, 0.25) is 0 Å². The third-order valence-electron chi connectivity index (χ3n) is 4.91. The molecule has 3 N–H and O–H groups in total. The van der Waals surface area contributed by atoms with Gasteiger partial charge in [0.05, 0.1) is 21.5 Å². The number of rotatable bonds is 4. The van der Waals surface area contributed by atoms with Crippen LogP contribution in [0.15, 0.2) is 27.9 Å². The average molecular weight is 368 g/mol. The molecule has 0 radical (unpaired) electrons. The number of imidazole rings is 1. The fourth-order valence-electron chi connectivity index (χ4n) is 3.26. The second-order valence-corrected chi connectivity index (χ2v) is 8.47. The molecule has 8 nitrogen and oxygen atoms in total. The lowest BCUT2D eigenvalue weighted by atomic mass is 9.95. The lowest BCUT2D eigenvalue weighted by molar-refractivity contribution is 0.0335. The maximum Gasteiger partial charge on any atom is 0.328 e. The van der Waals surface area contributed by atoms with Crippen molar-refractivity contribution in [1.82, 2.24) is 19.2 Å².